The van der Waals surface area contributed by atoms with Crippen LogP contribution in [0.1, 0.15) is 25.5 Å². The molecular formula is C12H15F2N3O2S. The molecule has 0 aliphatic rings. The summed E-state index contributed by atoms with van der Waals surface area (Å²) in [6.07, 6.45) is 0.685. The van der Waals surface area contributed by atoms with Crippen LogP contribution in [0, 0.1) is 11.6 Å². The molecule has 0 aliphatic carbocycles. The van der Waals surface area contributed by atoms with Crippen LogP contribution in [0.15, 0.2) is 18.2 Å². The molecule has 5 nitrogen and oxygen atoms in total. The summed E-state index contributed by atoms with van der Waals surface area (Å²) in [6, 6.07) is 1.54. The van der Waals surface area contributed by atoms with Gasteiger partial charge in [-0.1, -0.05) is 0 Å². The van der Waals surface area contributed by atoms with E-state index < -0.39 is 29.7 Å². The lowest BCUT2D eigenvalue weighted by Gasteiger charge is -2.15. The van der Waals surface area contributed by atoms with Gasteiger partial charge in [-0.3, -0.25) is 4.72 Å². The Kier molecular flexibility index (Phi) is 6.40. The van der Waals surface area contributed by atoms with Crippen LogP contribution in [0.25, 0.3) is 0 Å². The van der Waals surface area contributed by atoms with Gasteiger partial charge in [0.15, 0.2) is 0 Å². The van der Waals surface area contributed by atoms with Crippen molar-refractivity contribution in [1.29, 1.82) is 0 Å². The van der Waals surface area contributed by atoms with Crippen molar-refractivity contribution >= 4 is 24.5 Å². The van der Waals surface area contributed by atoms with Crippen LogP contribution in [0.5, 0.6) is 0 Å². The third kappa shape index (κ3) is 5.54. The average molecular weight is 303 g/mol. The van der Waals surface area contributed by atoms with Gasteiger partial charge in [-0.25, -0.2) is 18.3 Å². The second kappa shape index (κ2) is 7.81. The zero-order chi connectivity index (χ0) is 15.1. The standard InChI is InChI=1S/C12H15F2N3O2S/c1-7(6-18)16-20-17-12(19)15-8(2)9-3-10(13)5-11(14)4-9/h3-8,16H,1-2H3,(H2,15,17,19)/t7-,8?/m0/s1. The minimum atomic E-state index is -0.704. The fourth-order valence-corrected chi connectivity index (χ4v) is 1.78. The van der Waals surface area contributed by atoms with Crippen LogP contribution in [-0.4, -0.2) is 18.4 Å². The second-order valence-corrected chi connectivity index (χ2v) is 4.79. The molecule has 0 saturated carbocycles. The predicted octanol–water partition coefficient (Wildman–Crippen LogP) is 2.07. The summed E-state index contributed by atoms with van der Waals surface area (Å²) in [7, 11) is 0. The summed E-state index contributed by atoms with van der Waals surface area (Å²) < 4.78 is 31.1. The summed E-state index contributed by atoms with van der Waals surface area (Å²) in [5.41, 5.74) is 0.317. The third-order valence-corrected chi connectivity index (χ3v) is 3.10. The van der Waals surface area contributed by atoms with Gasteiger partial charge in [0.05, 0.1) is 12.1 Å². The first-order chi connectivity index (χ1) is 9.42. The van der Waals surface area contributed by atoms with E-state index >= 15 is 0 Å². The molecule has 0 fully saturated rings. The summed E-state index contributed by atoms with van der Waals surface area (Å²) >= 11 is 0.846. The van der Waals surface area contributed by atoms with Crippen LogP contribution < -0.4 is 14.8 Å². The Bertz CT molecular complexity index is 468. The number of hydrogen-bond acceptors (Lipinski definition) is 4. The maximum atomic E-state index is 13.0. The lowest BCUT2D eigenvalue weighted by atomic mass is 10.1. The minimum absolute atomic E-state index is 0.317. The Balaban J connectivity index is 2.46. The van der Waals surface area contributed by atoms with Gasteiger partial charge in [-0.2, -0.15) is 0 Å². The normalized spacial score (nSPS) is 13.4. The summed E-state index contributed by atoms with van der Waals surface area (Å²) in [4.78, 5) is 21.8. The largest absolute Gasteiger partial charge is 0.331 e. The molecule has 1 aromatic carbocycles. The Hall–Kier alpha value is -1.67. The summed E-state index contributed by atoms with van der Waals surface area (Å²) in [5.74, 6) is -1.41. The zero-order valence-corrected chi connectivity index (χ0v) is 11.8. The van der Waals surface area contributed by atoms with Gasteiger partial charge < -0.3 is 10.1 Å². The average Bonchev–Trinajstić information content (AvgIpc) is 2.37. The molecule has 110 valence electrons. The number of rotatable bonds is 6. The quantitative estimate of drug-likeness (QED) is 0.556. The first-order valence-corrected chi connectivity index (χ1v) is 6.63. The molecule has 0 bridgehead atoms. The highest BCUT2D eigenvalue weighted by molar-refractivity contribution is 7.96. The highest BCUT2D eigenvalue weighted by atomic mass is 32.2. The molecule has 0 aliphatic heterocycles. The number of carbonyl (C=O) groups is 2. The molecule has 8 heteroatoms. The maximum absolute atomic E-state index is 13.0. The van der Waals surface area contributed by atoms with Crippen LogP contribution >= 0.6 is 12.1 Å². The number of nitrogens with one attached hydrogen (secondary N) is 3. The number of benzene rings is 1. The molecule has 1 rings (SSSR count). The molecule has 2 amide bonds. The lowest BCUT2D eigenvalue weighted by molar-refractivity contribution is -0.108. The van der Waals surface area contributed by atoms with Crippen molar-refractivity contribution in [3.8, 4) is 0 Å². The smallest absolute Gasteiger partial charge is 0.326 e. The monoisotopic (exact) mass is 303 g/mol. The van der Waals surface area contributed by atoms with Gasteiger partial charge in [0.2, 0.25) is 0 Å². The van der Waals surface area contributed by atoms with E-state index in [1.54, 1.807) is 13.8 Å². The predicted molar refractivity (Wildman–Crippen MR) is 72.7 cm³/mol. The van der Waals surface area contributed by atoms with Gasteiger partial charge in [0.25, 0.3) is 0 Å². The molecule has 0 heterocycles. The van der Waals surface area contributed by atoms with Crippen molar-refractivity contribution in [3.63, 3.8) is 0 Å². The number of aldehydes is 1. The van der Waals surface area contributed by atoms with E-state index in [0.29, 0.717) is 11.8 Å². The third-order valence-electron chi connectivity index (χ3n) is 2.33. The number of halogens is 2. The van der Waals surface area contributed by atoms with E-state index in [2.05, 4.69) is 14.8 Å². The van der Waals surface area contributed by atoms with Crippen molar-refractivity contribution in [2.24, 2.45) is 0 Å². The van der Waals surface area contributed by atoms with Gasteiger partial charge in [-0.15, -0.1) is 0 Å². The first kappa shape index (κ1) is 16.4. The number of urea groups is 1. The van der Waals surface area contributed by atoms with Gasteiger partial charge in [0.1, 0.15) is 17.9 Å². The number of amides is 2. The van der Waals surface area contributed by atoms with Crippen LogP contribution in [0.3, 0.4) is 0 Å². The molecular weight excluding hydrogens is 288 g/mol. The van der Waals surface area contributed by atoms with E-state index in [0.717, 1.165) is 30.3 Å². The first-order valence-electron chi connectivity index (χ1n) is 5.81. The molecule has 0 saturated heterocycles. The van der Waals surface area contributed by atoms with Crippen molar-refractivity contribution in [3.05, 3.63) is 35.4 Å². The van der Waals surface area contributed by atoms with Crippen LogP contribution in [0.2, 0.25) is 0 Å². The molecule has 0 aromatic heterocycles. The lowest BCUT2D eigenvalue weighted by Crippen LogP contribution is -2.36. The second-order valence-electron chi connectivity index (χ2n) is 4.14. The molecule has 2 atom stereocenters. The van der Waals surface area contributed by atoms with E-state index in [-0.39, 0.29) is 0 Å². The zero-order valence-electron chi connectivity index (χ0n) is 10.9. The minimum Gasteiger partial charge on any atom is -0.331 e. The van der Waals surface area contributed by atoms with E-state index in [4.69, 9.17) is 0 Å². The van der Waals surface area contributed by atoms with E-state index in [1.165, 1.54) is 0 Å². The molecule has 1 unspecified atom stereocenters. The fraction of sp³-hybridized carbons (Fsp3) is 0.333. The summed E-state index contributed by atoms with van der Waals surface area (Å²) in [6.45, 7) is 3.22. The molecule has 3 N–H and O–H groups in total. The van der Waals surface area contributed by atoms with Crippen LogP contribution in [-0.2, 0) is 4.79 Å². The molecule has 0 spiro atoms. The summed E-state index contributed by atoms with van der Waals surface area (Å²) in [5, 5.41) is 2.51. The van der Waals surface area contributed by atoms with Crippen LogP contribution in [0.4, 0.5) is 13.6 Å². The van der Waals surface area contributed by atoms with E-state index in [9.17, 15) is 18.4 Å². The highest BCUT2D eigenvalue weighted by Crippen LogP contribution is 2.15. The van der Waals surface area contributed by atoms with Crippen molar-refractivity contribution in [2.75, 3.05) is 0 Å². The van der Waals surface area contributed by atoms with E-state index in [1.807, 2.05) is 0 Å². The molecule has 20 heavy (non-hydrogen) atoms. The highest BCUT2D eigenvalue weighted by Gasteiger charge is 2.12. The Morgan fingerprint density at radius 2 is 1.85 bits per heavy atom. The van der Waals surface area contributed by atoms with Gasteiger partial charge in [-0.05, 0) is 31.5 Å². The Labute approximate surface area is 119 Å². The SMILES string of the molecule is CC(NC(=O)NSN[C@@H](C)C=O)c1cc(F)cc(F)c1. The van der Waals surface area contributed by atoms with Crippen molar-refractivity contribution < 1.29 is 18.4 Å². The van der Waals surface area contributed by atoms with Crippen molar-refractivity contribution in [1.82, 2.24) is 14.8 Å². The number of hydrogen-bond donors (Lipinski definition) is 3. The Morgan fingerprint density at radius 3 is 2.40 bits per heavy atom. The topological polar surface area (TPSA) is 70.2 Å². The fourth-order valence-electron chi connectivity index (χ4n) is 1.33. The number of carbonyl (C=O) groups excluding carboxylic acids is 2. The molecule has 0 radical (unpaired) electrons. The maximum Gasteiger partial charge on any atom is 0.326 e. The van der Waals surface area contributed by atoms with Crippen molar-refractivity contribution in [2.45, 2.75) is 25.9 Å². The van der Waals surface area contributed by atoms with Gasteiger partial charge in [0, 0.05) is 18.2 Å². The molecule has 1 aromatic rings. The Morgan fingerprint density at radius 1 is 1.25 bits per heavy atom. The van der Waals surface area contributed by atoms with Gasteiger partial charge >= 0.3 is 6.03 Å².